The van der Waals surface area contributed by atoms with Crippen LogP contribution in [0.1, 0.15) is 20.9 Å². The largest absolute Gasteiger partial charge is 0.298 e. The molecule has 0 bridgehead atoms. The molecule has 2 aromatic heterocycles. The normalized spacial score (nSPS) is 10.9. The zero-order valence-electron chi connectivity index (χ0n) is 14.6. The fourth-order valence-electron chi connectivity index (χ4n) is 2.83. The van der Waals surface area contributed by atoms with Crippen molar-refractivity contribution >= 4 is 44.7 Å². The Labute approximate surface area is 165 Å². The maximum atomic E-state index is 12.5. The predicted molar refractivity (Wildman–Crippen MR) is 110 cm³/mol. The second kappa shape index (κ2) is 7.42. The van der Waals surface area contributed by atoms with Crippen LogP contribution in [0.3, 0.4) is 0 Å². The molecule has 2 N–H and O–H groups in total. The number of aromatic nitrogens is 2. The summed E-state index contributed by atoms with van der Waals surface area (Å²) in [6.07, 6.45) is 0. The Bertz CT molecular complexity index is 1100. The van der Waals surface area contributed by atoms with Gasteiger partial charge in [-0.1, -0.05) is 48.0 Å². The number of carbonyl (C=O) groups excluding carboxylic acids is 1. The first-order valence-electron chi connectivity index (χ1n) is 8.43. The zero-order chi connectivity index (χ0) is 18.8. The third-order valence-electron chi connectivity index (χ3n) is 4.20. The maximum absolute atomic E-state index is 12.5. The number of nitrogens with zero attached hydrogens (tertiary/aromatic N) is 2. The fraction of sp³-hybridized carbons (Fsp3) is 0.100. The van der Waals surface area contributed by atoms with Crippen LogP contribution in [0.4, 0.5) is 5.69 Å². The van der Waals surface area contributed by atoms with E-state index < -0.39 is 0 Å². The quantitative estimate of drug-likeness (QED) is 0.473. The SMILES string of the molecule is Cc1nn(Cc2ccccc2Cl)c2sc(C(=O)NNc3ccccc3)cc12. The molecule has 1 amide bonds. The molecule has 4 aromatic rings. The molecule has 136 valence electrons. The van der Waals surface area contributed by atoms with Crippen molar-refractivity contribution in [3.05, 3.63) is 81.8 Å². The smallest absolute Gasteiger partial charge is 0.279 e. The number of thiophene rings is 1. The highest BCUT2D eigenvalue weighted by atomic mass is 35.5. The molecule has 4 rings (SSSR count). The summed E-state index contributed by atoms with van der Waals surface area (Å²) >= 11 is 7.70. The van der Waals surface area contributed by atoms with Gasteiger partial charge >= 0.3 is 0 Å². The molecule has 2 heterocycles. The molecule has 0 unspecified atom stereocenters. The Kier molecular flexibility index (Phi) is 4.83. The zero-order valence-corrected chi connectivity index (χ0v) is 16.1. The predicted octanol–water partition coefficient (Wildman–Crippen LogP) is 4.86. The van der Waals surface area contributed by atoms with Crippen molar-refractivity contribution in [3.8, 4) is 0 Å². The van der Waals surface area contributed by atoms with Gasteiger partial charge < -0.3 is 0 Å². The van der Waals surface area contributed by atoms with Crippen molar-refractivity contribution < 1.29 is 4.79 Å². The number of halogens is 1. The fourth-order valence-corrected chi connectivity index (χ4v) is 4.08. The number of amides is 1. The standard InChI is InChI=1S/C20H17ClN4OS/c1-13-16-11-18(19(26)23-22-15-8-3-2-4-9-15)27-20(16)25(24-13)12-14-7-5-6-10-17(14)21/h2-11,22H,12H2,1H3,(H,23,26). The summed E-state index contributed by atoms with van der Waals surface area (Å²) in [5, 5.41) is 6.29. The van der Waals surface area contributed by atoms with E-state index in [2.05, 4.69) is 16.0 Å². The molecule has 2 aromatic carbocycles. The molecule has 5 nitrogen and oxygen atoms in total. The number of anilines is 1. The van der Waals surface area contributed by atoms with Crippen LogP contribution in [0, 0.1) is 6.92 Å². The molecule has 0 aliphatic carbocycles. The van der Waals surface area contributed by atoms with Crippen molar-refractivity contribution in [3.63, 3.8) is 0 Å². The van der Waals surface area contributed by atoms with E-state index in [1.807, 2.05) is 72.3 Å². The number of para-hydroxylation sites is 1. The summed E-state index contributed by atoms with van der Waals surface area (Å²) in [6, 6.07) is 19.1. The van der Waals surface area contributed by atoms with E-state index in [0.717, 1.165) is 27.2 Å². The summed E-state index contributed by atoms with van der Waals surface area (Å²) < 4.78 is 1.90. The molecule has 27 heavy (non-hydrogen) atoms. The maximum Gasteiger partial charge on any atom is 0.279 e. The molecular weight excluding hydrogens is 380 g/mol. The summed E-state index contributed by atoms with van der Waals surface area (Å²) in [4.78, 5) is 14.1. The Morgan fingerprint density at radius 2 is 1.89 bits per heavy atom. The first-order valence-corrected chi connectivity index (χ1v) is 9.63. The summed E-state index contributed by atoms with van der Waals surface area (Å²) in [6.45, 7) is 2.51. The van der Waals surface area contributed by atoms with Crippen molar-refractivity contribution in [2.24, 2.45) is 0 Å². The molecule has 0 aliphatic heterocycles. The highest BCUT2D eigenvalue weighted by molar-refractivity contribution is 7.20. The van der Waals surface area contributed by atoms with Gasteiger partial charge in [0.2, 0.25) is 0 Å². The minimum absolute atomic E-state index is 0.177. The average molecular weight is 397 g/mol. The number of hydrogen-bond donors (Lipinski definition) is 2. The molecule has 0 fully saturated rings. The van der Waals surface area contributed by atoms with Gasteiger partial charge in [0.25, 0.3) is 5.91 Å². The number of rotatable bonds is 5. The van der Waals surface area contributed by atoms with Crippen LogP contribution in [0.2, 0.25) is 5.02 Å². The summed E-state index contributed by atoms with van der Waals surface area (Å²) in [5.41, 5.74) is 8.37. The lowest BCUT2D eigenvalue weighted by atomic mass is 10.2. The van der Waals surface area contributed by atoms with Gasteiger partial charge in [0.15, 0.2) is 0 Å². The number of benzene rings is 2. The Balaban J connectivity index is 1.57. The van der Waals surface area contributed by atoms with Gasteiger partial charge in [0.1, 0.15) is 4.83 Å². The van der Waals surface area contributed by atoms with Gasteiger partial charge in [0, 0.05) is 10.4 Å². The highest BCUT2D eigenvalue weighted by Crippen LogP contribution is 2.29. The van der Waals surface area contributed by atoms with Crippen LogP contribution >= 0.6 is 22.9 Å². The number of fused-ring (bicyclic) bond motifs is 1. The molecule has 0 radical (unpaired) electrons. The minimum Gasteiger partial charge on any atom is -0.298 e. The van der Waals surface area contributed by atoms with Gasteiger partial charge in [-0.15, -0.1) is 11.3 Å². The van der Waals surface area contributed by atoms with Crippen LogP contribution in [0.25, 0.3) is 10.2 Å². The van der Waals surface area contributed by atoms with Crippen LogP contribution < -0.4 is 10.9 Å². The Morgan fingerprint density at radius 1 is 1.15 bits per heavy atom. The van der Waals surface area contributed by atoms with Gasteiger partial charge in [-0.25, -0.2) is 0 Å². The van der Waals surface area contributed by atoms with E-state index in [1.54, 1.807) is 0 Å². The number of carbonyl (C=O) groups is 1. The first kappa shape index (κ1) is 17.6. The van der Waals surface area contributed by atoms with Crippen LogP contribution in [-0.2, 0) is 6.54 Å². The number of hydrazine groups is 1. The molecule has 0 saturated heterocycles. The van der Waals surface area contributed by atoms with E-state index in [4.69, 9.17) is 11.6 Å². The highest BCUT2D eigenvalue weighted by Gasteiger charge is 2.17. The van der Waals surface area contributed by atoms with E-state index in [-0.39, 0.29) is 5.91 Å². The molecular formula is C20H17ClN4OS. The van der Waals surface area contributed by atoms with Gasteiger partial charge in [0.05, 0.1) is 22.8 Å². The summed E-state index contributed by atoms with van der Waals surface area (Å²) in [7, 11) is 0. The van der Waals surface area contributed by atoms with Crippen molar-refractivity contribution in [1.29, 1.82) is 0 Å². The number of hydrogen-bond acceptors (Lipinski definition) is 4. The van der Waals surface area contributed by atoms with Crippen molar-refractivity contribution in [1.82, 2.24) is 15.2 Å². The number of aryl methyl sites for hydroxylation is 1. The van der Waals surface area contributed by atoms with Crippen LogP contribution in [0.15, 0.2) is 60.7 Å². The lowest BCUT2D eigenvalue weighted by Gasteiger charge is -2.07. The van der Waals surface area contributed by atoms with Crippen molar-refractivity contribution in [2.45, 2.75) is 13.5 Å². The lowest BCUT2D eigenvalue weighted by Crippen LogP contribution is -2.28. The molecule has 0 aliphatic rings. The Morgan fingerprint density at radius 3 is 2.67 bits per heavy atom. The van der Waals surface area contributed by atoms with E-state index >= 15 is 0 Å². The lowest BCUT2D eigenvalue weighted by molar-refractivity contribution is 0.0966. The van der Waals surface area contributed by atoms with Gasteiger partial charge in [-0.2, -0.15) is 5.10 Å². The summed E-state index contributed by atoms with van der Waals surface area (Å²) in [5.74, 6) is -0.177. The van der Waals surface area contributed by atoms with Gasteiger partial charge in [-0.05, 0) is 36.8 Å². The second-order valence-electron chi connectivity index (χ2n) is 6.11. The van der Waals surface area contributed by atoms with Gasteiger partial charge in [-0.3, -0.25) is 20.3 Å². The monoisotopic (exact) mass is 396 g/mol. The van der Waals surface area contributed by atoms with Crippen LogP contribution in [-0.4, -0.2) is 15.7 Å². The minimum atomic E-state index is -0.177. The first-order chi connectivity index (χ1) is 13.1. The van der Waals surface area contributed by atoms with Crippen LogP contribution in [0.5, 0.6) is 0 Å². The van der Waals surface area contributed by atoms with Crippen molar-refractivity contribution in [2.75, 3.05) is 5.43 Å². The van der Waals surface area contributed by atoms with E-state index in [1.165, 1.54) is 11.3 Å². The molecule has 0 spiro atoms. The number of nitrogens with one attached hydrogen (secondary N) is 2. The third-order valence-corrected chi connectivity index (χ3v) is 5.72. The topological polar surface area (TPSA) is 59.0 Å². The molecule has 0 atom stereocenters. The second-order valence-corrected chi connectivity index (χ2v) is 7.55. The average Bonchev–Trinajstić information content (AvgIpc) is 3.24. The Hall–Kier alpha value is -2.83. The third kappa shape index (κ3) is 3.67. The van der Waals surface area contributed by atoms with E-state index in [9.17, 15) is 4.79 Å². The molecule has 7 heteroatoms. The van der Waals surface area contributed by atoms with E-state index in [0.29, 0.717) is 16.4 Å². The molecule has 0 saturated carbocycles.